The fraction of sp³-hybridized carbons (Fsp3) is 0.286. The lowest BCUT2D eigenvalue weighted by atomic mass is 9.85. The van der Waals surface area contributed by atoms with Gasteiger partial charge in [-0.15, -0.1) is 0 Å². The van der Waals surface area contributed by atoms with E-state index in [1.165, 1.54) is 0 Å². The summed E-state index contributed by atoms with van der Waals surface area (Å²) in [6.07, 6.45) is 2.63. The lowest BCUT2D eigenvalue weighted by molar-refractivity contribution is -0.114. The SMILES string of the molecule is CCc1ccc(-c2ccc(Cl)cc2C)cc1C1=C(O)CCCC1=O. The van der Waals surface area contributed by atoms with E-state index in [4.69, 9.17) is 11.6 Å². The molecule has 24 heavy (non-hydrogen) atoms. The Bertz CT molecular complexity index is 834. The number of halogens is 1. The van der Waals surface area contributed by atoms with Gasteiger partial charge in [-0.25, -0.2) is 0 Å². The molecule has 3 rings (SSSR count). The molecule has 0 unspecified atom stereocenters. The van der Waals surface area contributed by atoms with Crippen molar-refractivity contribution in [3.05, 3.63) is 63.9 Å². The van der Waals surface area contributed by atoms with Crippen molar-refractivity contribution in [2.24, 2.45) is 0 Å². The third kappa shape index (κ3) is 3.11. The molecule has 2 nitrogen and oxygen atoms in total. The Morgan fingerprint density at radius 1 is 1.08 bits per heavy atom. The molecule has 0 aromatic heterocycles. The zero-order chi connectivity index (χ0) is 17.3. The minimum absolute atomic E-state index is 0.0402. The summed E-state index contributed by atoms with van der Waals surface area (Å²) in [5.41, 5.74) is 5.67. The Morgan fingerprint density at radius 2 is 1.88 bits per heavy atom. The standard InChI is InChI=1S/C21H21ClO2/c1-3-14-7-8-15(17-10-9-16(22)11-13(17)2)12-18(14)21-19(23)5-4-6-20(21)24/h7-12,23H,3-6H2,1-2H3. The molecule has 1 N–H and O–H groups in total. The minimum Gasteiger partial charge on any atom is -0.512 e. The van der Waals surface area contributed by atoms with Crippen molar-refractivity contribution in [3.8, 4) is 11.1 Å². The first-order valence-electron chi connectivity index (χ1n) is 8.36. The van der Waals surface area contributed by atoms with Crippen LogP contribution in [-0.4, -0.2) is 10.9 Å². The number of hydrogen-bond donors (Lipinski definition) is 1. The van der Waals surface area contributed by atoms with E-state index in [0.717, 1.165) is 40.7 Å². The lowest BCUT2D eigenvalue weighted by Gasteiger charge is -2.19. The Labute approximate surface area is 147 Å². The van der Waals surface area contributed by atoms with Crippen LogP contribution in [0, 0.1) is 6.92 Å². The number of rotatable bonds is 3. The van der Waals surface area contributed by atoms with Crippen LogP contribution in [0.5, 0.6) is 0 Å². The van der Waals surface area contributed by atoms with Gasteiger partial charge in [-0.1, -0.05) is 36.7 Å². The molecule has 0 radical (unpaired) electrons. The number of aliphatic hydroxyl groups is 1. The number of carbonyl (C=O) groups excluding carboxylic acids is 1. The van der Waals surface area contributed by atoms with Crippen molar-refractivity contribution >= 4 is 23.0 Å². The first kappa shape index (κ1) is 16.8. The van der Waals surface area contributed by atoms with Crippen molar-refractivity contribution in [2.75, 3.05) is 0 Å². The van der Waals surface area contributed by atoms with Gasteiger partial charge in [-0.3, -0.25) is 4.79 Å². The lowest BCUT2D eigenvalue weighted by Crippen LogP contribution is -2.12. The fourth-order valence-corrected chi connectivity index (χ4v) is 3.60. The van der Waals surface area contributed by atoms with Gasteiger partial charge < -0.3 is 5.11 Å². The Morgan fingerprint density at radius 3 is 2.54 bits per heavy atom. The van der Waals surface area contributed by atoms with Gasteiger partial charge in [0.05, 0.1) is 5.57 Å². The third-order valence-corrected chi connectivity index (χ3v) is 4.88. The molecule has 0 fully saturated rings. The van der Waals surface area contributed by atoms with Crippen molar-refractivity contribution in [3.63, 3.8) is 0 Å². The highest BCUT2D eigenvalue weighted by Crippen LogP contribution is 2.34. The highest BCUT2D eigenvalue weighted by atomic mass is 35.5. The smallest absolute Gasteiger partial charge is 0.166 e. The van der Waals surface area contributed by atoms with Gasteiger partial charge in [0, 0.05) is 17.9 Å². The molecule has 0 atom stereocenters. The van der Waals surface area contributed by atoms with Crippen LogP contribution in [0.3, 0.4) is 0 Å². The largest absolute Gasteiger partial charge is 0.512 e. The summed E-state index contributed by atoms with van der Waals surface area (Å²) < 4.78 is 0. The Balaban J connectivity index is 2.18. The molecular formula is C21H21ClO2. The fourth-order valence-electron chi connectivity index (χ4n) is 3.37. The first-order chi connectivity index (χ1) is 11.5. The molecule has 124 valence electrons. The van der Waals surface area contributed by atoms with Crippen LogP contribution in [0.4, 0.5) is 0 Å². The van der Waals surface area contributed by atoms with Gasteiger partial charge in [-0.2, -0.15) is 0 Å². The van der Waals surface area contributed by atoms with Gasteiger partial charge in [-0.05, 0) is 65.8 Å². The van der Waals surface area contributed by atoms with Crippen molar-refractivity contribution in [1.29, 1.82) is 0 Å². The Kier molecular flexibility index (Phi) is 4.77. The van der Waals surface area contributed by atoms with Gasteiger partial charge in [0.25, 0.3) is 0 Å². The molecule has 3 heteroatoms. The summed E-state index contributed by atoms with van der Waals surface area (Å²) in [4.78, 5) is 12.4. The second-order valence-electron chi connectivity index (χ2n) is 6.28. The molecule has 0 spiro atoms. The molecule has 0 amide bonds. The van der Waals surface area contributed by atoms with Crippen LogP contribution in [-0.2, 0) is 11.2 Å². The average Bonchev–Trinajstić information content (AvgIpc) is 2.54. The van der Waals surface area contributed by atoms with E-state index in [0.29, 0.717) is 23.4 Å². The summed E-state index contributed by atoms with van der Waals surface area (Å²) in [6, 6.07) is 12.0. The summed E-state index contributed by atoms with van der Waals surface area (Å²) >= 11 is 6.06. The topological polar surface area (TPSA) is 37.3 Å². The van der Waals surface area contributed by atoms with Gasteiger partial charge in [0.2, 0.25) is 0 Å². The maximum atomic E-state index is 12.4. The molecule has 0 saturated carbocycles. The van der Waals surface area contributed by atoms with E-state index in [1.54, 1.807) is 0 Å². The summed E-state index contributed by atoms with van der Waals surface area (Å²) in [5.74, 6) is 0.268. The molecule has 0 aliphatic heterocycles. The van der Waals surface area contributed by atoms with Crippen molar-refractivity contribution in [1.82, 2.24) is 0 Å². The molecule has 2 aromatic rings. The molecule has 0 heterocycles. The first-order valence-corrected chi connectivity index (χ1v) is 8.74. The van der Waals surface area contributed by atoms with Gasteiger partial charge in [0.1, 0.15) is 5.76 Å². The molecule has 1 aliphatic rings. The van der Waals surface area contributed by atoms with Gasteiger partial charge >= 0.3 is 0 Å². The van der Waals surface area contributed by atoms with Crippen molar-refractivity contribution < 1.29 is 9.90 Å². The van der Waals surface area contributed by atoms with E-state index in [1.807, 2.05) is 31.2 Å². The maximum absolute atomic E-state index is 12.4. The number of ketones is 1. The number of hydrogen-bond acceptors (Lipinski definition) is 2. The molecule has 0 saturated heterocycles. The number of Topliss-reactive ketones (excluding diaryl/α,β-unsaturated/α-hetero) is 1. The van der Waals surface area contributed by atoms with Crippen LogP contribution in [0.2, 0.25) is 5.02 Å². The van der Waals surface area contributed by atoms with E-state index < -0.39 is 0 Å². The predicted octanol–water partition coefficient (Wildman–Crippen LogP) is 5.90. The Hall–Kier alpha value is -2.06. The minimum atomic E-state index is 0.0402. The zero-order valence-corrected chi connectivity index (χ0v) is 14.8. The molecular weight excluding hydrogens is 320 g/mol. The quantitative estimate of drug-likeness (QED) is 0.755. The normalized spacial score (nSPS) is 15.0. The number of aryl methyl sites for hydroxylation is 2. The molecule has 2 aromatic carbocycles. The highest BCUT2D eigenvalue weighted by molar-refractivity contribution is 6.30. The predicted molar refractivity (Wildman–Crippen MR) is 99.4 cm³/mol. The van der Waals surface area contributed by atoms with E-state index in [-0.39, 0.29) is 11.5 Å². The molecule has 1 aliphatic carbocycles. The van der Waals surface area contributed by atoms with E-state index >= 15 is 0 Å². The number of benzene rings is 2. The van der Waals surface area contributed by atoms with Crippen LogP contribution in [0.15, 0.2) is 42.2 Å². The summed E-state index contributed by atoms with van der Waals surface area (Å²) in [5, 5.41) is 11.0. The monoisotopic (exact) mass is 340 g/mol. The van der Waals surface area contributed by atoms with E-state index in [2.05, 4.69) is 19.1 Å². The van der Waals surface area contributed by atoms with Crippen molar-refractivity contribution in [2.45, 2.75) is 39.5 Å². The number of aliphatic hydroxyl groups excluding tert-OH is 1. The number of allylic oxidation sites excluding steroid dienone is 2. The van der Waals surface area contributed by atoms with Crippen LogP contribution in [0.25, 0.3) is 16.7 Å². The highest BCUT2D eigenvalue weighted by Gasteiger charge is 2.24. The van der Waals surface area contributed by atoms with E-state index in [9.17, 15) is 9.90 Å². The van der Waals surface area contributed by atoms with Gasteiger partial charge in [0.15, 0.2) is 5.78 Å². The van der Waals surface area contributed by atoms with Crippen LogP contribution in [0.1, 0.15) is 42.9 Å². The zero-order valence-electron chi connectivity index (χ0n) is 14.0. The average molecular weight is 341 g/mol. The third-order valence-electron chi connectivity index (χ3n) is 4.64. The number of carbonyl (C=O) groups is 1. The van der Waals surface area contributed by atoms with Crippen LogP contribution < -0.4 is 0 Å². The second-order valence-corrected chi connectivity index (χ2v) is 6.72. The maximum Gasteiger partial charge on any atom is 0.166 e. The molecule has 0 bridgehead atoms. The second kappa shape index (κ2) is 6.82. The van der Waals surface area contributed by atoms with Crippen LogP contribution >= 0.6 is 11.6 Å². The summed E-state index contributed by atoms with van der Waals surface area (Å²) in [7, 11) is 0. The summed E-state index contributed by atoms with van der Waals surface area (Å²) in [6.45, 7) is 4.09.